The summed E-state index contributed by atoms with van der Waals surface area (Å²) in [6, 6.07) is 15.1. The molecule has 1 heterocycles. The summed E-state index contributed by atoms with van der Waals surface area (Å²) in [4.78, 5) is 18.1. The molecule has 0 saturated heterocycles. The van der Waals surface area contributed by atoms with Gasteiger partial charge in [0, 0.05) is 13.7 Å². The van der Waals surface area contributed by atoms with Crippen LogP contribution >= 0.6 is 34.5 Å². The van der Waals surface area contributed by atoms with Crippen molar-refractivity contribution in [3.8, 4) is 5.75 Å². The second-order valence-electron chi connectivity index (χ2n) is 6.55. The van der Waals surface area contributed by atoms with E-state index in [1.807, 2.05) is 41.0 Å². The summed E-state index contributed by atoms with van der Waals surface area (Å²) in [5, 5.41) is 2.81. The zero-order valence-electron chi connectivity index (χ0n) is 16.3. The van der Waals surface area contributed by atoms with Gasteiger partial charge in [0.25, 0.3) is 5.91 Å². The van der Waals surface area contributed by atoms with E-state index in [0.717, 1.165) is 21.0 Å². The summed E-state index contributed by atoms with van der Waals surface area (Å²) in [5.74, 6) is 0.0885. The number of ether oxygens (including phenoxy) is 2. The van der Waals surface area contributed by atoms with Crippen LogP contribution in [0.25, 0.3) is 21.0 Å². The predicted molar refractivity (Wildman–Crippen MR) is 122 cm³/mol. The van der Waals surface area contributed by atoms with Crippen molar-refractivity contribution in [1.29, 1.82) is 0 Å². The van der Waals surface area contributed by atoms with E-state index in [9.17, 15) is 4.79 Å². The van der Waals surface area contributed by atoms with Crippen LogP contribution in [0.15, 0.2) is 53.5 Å². The van der Waals surface area contributed by atoms with Crippen LogP contribution in [-0.2, 0) is 11.3 Å². The maximum Gasteiger partial charge on any atom is 0.283 e. The van der Waals surface area contributed by atoms with Gasteiger partial charge in [0.2, 0.25) is 0 Å². The van der Waals surface area contributed by atoms with Crippen LogP contribution in [-0.4, -0.2) is 31.3 Å². The summed E-state index contributed by atoms with van der Waals surface area (Å²) in [6.45, 7) is 0.923. The van der Waals surface area contributed by atoms with Crippen molar-refractivity contribution in [2.45, 2.75) is 6.54 Å². The molecule has 0 aliphatic carbocycles. The number of nitrogens with zero attached hydrogens (tertiary/aromatic N) is 2. The highest BCUT2D eigenvalue weighted by Crippen LogP contribution is 2.32. The van der Waals surface area contributed by atoms with Crippen LogP contribution in [0.5, 0.6) is 5.75 Å². The quantitative estimate of drug-likeness (QED) is 0.391. The Balaban J connectivity index is 1.90. The lowest BCUT2D eigenvalue weighted by atomic mass is 10.1. The lowest BCUT2D eigenvalue weighted by molar-refractivity contribution is 0.0994. The Morgan fingerprint density at radius 1 is 1.10 bits per heavy atom. The number of hydrogen-bond acceptors (Lipinski definition) is 4. The molecule has 0 spiro atoms. The molecule has 0 aliphatic heterocycles. The number of halogens is 2. The first-order chi connectivity index (χ1) is 14.5. The molecule has 0 radical (unpaired) electrons. The number of hydrogen-bond donors (Lipinski definition) is 0. The Hall–Kier alpha value is -2.38. The van der Waals surface area contributed by atoms with Crippen molar-refractivity contribution in [3.63, 3.8) is 0 Å². The Kier molecular flexibility index (Phi) is 6.11. The zero-order valence-corrected chi connectivity index (χ0v) is 18.6. The van der Waals surface area contributed by atoms with Crippen LogP contribution in [0.2, 0.25) is 10.0 Å². The maximum absolute atomic E-state index is 13.1. The van der Waals surface area contributed by atoms with Crippen LogP contribution in [0.1, 0.15) is 10.4 Å². The van der Waals surface area contributed by atoms with Crippen LogP contribution in [0, 0.1) is 0 Å². The van der Waals surface area contributed by atoms with Crippen molar-refractivity contribution in [3.05, 3.63) is 68.9 Å². The highest BCUT2D eigenvalue weighted by atomic mass is 35.5. The lowest BCUT2D eigenvalue weighted by Gasteiger charge is -2.08. The van der Waals surface area contributed by atoms with E-state index < -0.39 is 5.91 Å². The summed E-state index contributed by atoms with van der Waals surface area (Å²) in [6.07, 6.45) is 0. The minimum absolute atomic E-state index is 0.391. The molecule has 0 N–H and O–H groups in total. The van der Waals surface area contributed by atoms with E-state index in [1.165, 1.54) is 11.3 Å². The van der Waals surface area contributed by atoms with Crippen molar-refractivity contribution in [2.75, 3.05) is 20.8 Å². The Labute approximate surface area is 187 Å². The second-order valence-corrected chi connectivity index (χ2v) is 8.35. The molecule has 8 heteroatoms. The average Bonchev–Trinajstić information content (AvgIpc) is 3.11. The summed E-state index contributed by atoms with van der Waals surface area (Å²) in [7, 11) is 3.16. The molecular formula is C22H18Cl2N2O3S. The van der Waals surface area contributed by atoms with Gasteiger partial charge in [-0.1, -0.05) is 58.8 Å². The predicted octanol–water partition coefficient (Wildman–Crippen LogP) is 5.56. The third-order valence-electron chi connectivity index (χ3n) is 4.75. The standard InChI is InChI=1S/C22H18Cl2N2O3S/c1-28-10-9-26-20-18(8-7-16(23)19(20)24)30-22(26)25-21(27)15-11-13-5-3-4-6-14(13)12-17(15)29-2/h3-8,11-12H,9-10H2,1-2H3. The Bertz CT molecular complexity index is 1330. The fourth-order valence-electron chi connectivity index (χ4n) is 3.28. The molecule has 0 saturated carbocycles. The fraction of sp³-hybridized carbons (Fsp3) is 0.182. The van der Waals surface area contributed by atoms with Crippen molar-refractivity contribution < 1.29 is 14.3 Å². The van der Waals surface area contributed by atoms with Crippen LogP contribution in [0.4, 0.5) is 0 Å². The largest absolute Gasteiger partial charge is 0.496 e. The molecule has 4 aromatic rings. The van der Waals surface area contributed by atoms with Gasteiger partial charge in [0.1, 0.15) is 5.75 Å². The monoisotopic (exact) mass is 460 g/mol. The van der Waals surface area contributed by atoms with E-state index >= 15 is 0 Å². The molecule has 154 valence electrons. The number of fused-ring (bicyclic) bond motifs is 2. The van der Waals surface area contributed by atoms with Gasteiger partial charge in [-0.25, -0.2) is 0 Å². The van der Waals surface area contributed by atoms with Crippen molar-refractivity contribution in [1.82, 2.24) is 4.57 Å². The van der Waals surface area contributed by atoms with E-state index in [2.05, 4.69) is 4.99 Å². The number of rotatable bonds is 5. The summed E-state index contributed by atoms with van der Waals surface area (Å²) >= 11 is 14.0. The van der Waals surface area contributed by atoms with E-state index in [4.69, 9.17) is 32.7 Å². The zero-order chi connectivity index (χ0) is 21.3. The number of thiazole rings is 1. The highest BCUT2D eigenvalue weighted by Gasteiger charge is 2.16. The van der Waals surface area contributed by atoms with Gasteiger partial charge in [0.05, 0.1) is 39.5 Å². The smallest absolute Gasteiger partial charge is 0.283 e. The lowest BCUT2D eigenvalue weighted by Crippen LogP contribution is -2.19. The first kappa shape index (κ1) is 20.9. The molecule has 1 aromatic heterocycles. The molecule has 0 fully saturated rings. The van der Waals surface area contributed by atoms with Crippen LogP contribution < -0.4 is 9.54 Å². The van der Waals surface area contributed by atoms with E-state index in [0.29, 0.717) is 39.3 Å². The molecule has 0 atom stereocenters. The number of carbonyl (C=O) groups excluding carboxylic acids is 1. The van der Waals surface area contributed by atoms with Gasteiger partial charge < -0.3 is 14.0 Å². The van der Waals surface area contributed by atoms with Gasteiger partial charge in [-0.2, -0.15) is 4.99 Å². The third-order valence-corrected chi connectivity index (χ3v) is 6.59. The van der Waals surface area contributed by atoms with Crippen LogP contribution in [0.3, 0.4) is 0 Å². The van der Waals surface area contributed by atoms with Gasteiger partial charge >= 0.3 is 0 Å². The average molecular weight is 461 g/mol. The number of carbonyl (C=O) groups is 1. The highest BCUT2D eigenvalue weighted by molar-refractivity contribution is 7.16. The molecule has 4 rings (SSSR count). The Morgan fingerprint density at radius 2 is 1.83 bits per heavy atom. The van der Waals surface area contributed by atoms with Gasteiger partial charge in [0.15, 0.2) is 4.80 Å². The molecule has 30 heavy (non-hydrogen) atoms. The fourth-order valence-corrected chi connectivity index (χ4v) is 4.82. The normalized spacial score (nSPS) is 12.1. The topological polar surface area (TPSA) is 52.8 Å². The van der Waals surface area contributed by atoms with Gasteiger partial charge in [-0.3, -0.25) is 4.79 Å². The Morgan fingerprint density at radius 3 is 2.53 bits per heavy atom. The molecular weight excluding hydrogens is 443 g/mol. The molecule has 1 amide bonds. The number of methoxy groups -OCH3 is 2. The third kappa shape index (κ3) is 3.84. The SMILES string of the molecule is COCCn1c(=NC(=O)c2cc3ccccc3cc2OC)sc2ccc(Cl)c(Cl)c21. The van der Waals surface area contributed by atoms with Crippen molar-refractivity contribution in [2.24, 2.45) is 4.99 Å². The summed E-state index contributed by atoms with van der Waals surface area (Å²) in [5.41, 5.74) is 1.14. The van der Waals surface area contributed by atoms with Gasteiger partial charge in [-0.05, 0) is 35.0 Å². The van der Waals surface area contributed by atoms with E-state index in [-0.39, 0.29) is 0 Å². The van der Waals surface area contributed by atoms with Gasteiger partial charge in [-0.15, -0.1) is 0 Å². The number of benzene rings is 3. The second kappa shape index (κ2) is 8.78. The maximum atomic E-state index is 13.1. The minimum Gasteiger partial charge on any atom is -0.496 e. The molecule has 3 aromatic carbocycles. The van der Waals surface area contributed by atoms with Crippen molar-refractivity contribution >= 4 is 61.4 Å². The first-order valence-electron chi connectivity index (χ1n) is 9.15. The first-order valence-corrected chi connectivity index (χ1v) is 10.7. The molecule has 0 aliphatic rings. The number of aromatic nitrogens is 1. The van der Waals surface area contributed by atoms with E-state index in [1.54, 1.807) is 26.4 Å². The molecule has 0 bridgehead atoms. The molecule has 0 unspecified atom stereocenters. The number of amides is 1. The summed E-state index contributed by atoms with van der Waals surface area (Å²) < 4.78 is 13.4. The molecule has 5 nitrogen and oxygen atoms in total. The minimum atomic E-state index is -0.391.